The first-order valence-corrected chi connectivity index (χ1v) is 6.30. The van der Waals surface area contributed by atoms with Gasteiger partial charge in [-0.2, -0.15) is 5.10 Å². The summed E-state index contributed by atoms with van der Waals surface area (Å²) in [6.45, 7) is 0. The molecule has 0 bridgehead atoms. The van der Waals surface area contributed by atoms with E-state index in [1.54, 1.807) is 0 Å². The van der Waals surface area contributed by atoms with Crippen molar-refractivity contribution in [3.63, 3.8) is 0 Å². The van der Waals surface area contributed by atoms with Crippen molar-refractivity contribution in [2.75, 3.05) is 7.11 Å². The monoisotopic (exact) mass is 276 g/mol. The first kappa shape index (κ1) is 12.7. The van der Waals surface area contributed by atoms with Gasteiger partial charge in [-0.1, -0.05) is 0 Å². The number of hydrogen-bond acceptors (Lipinski definition) is 3. The Morgan fingerprint density at radius 3 is 2.95 bits per heavy atom. The van der Waals surface area contributed by atoms with E-state index in [4.69, 9.17) is 4.74 Å². The molecule has 0 spiro atoms. The molecule has 1 aliphatic rings. The third-order valence-corrected chi connectivity index (χ3v) is 3.51. The van der Waals surface area contributed by atoms with Crippen molar-refractivity contribution >= 4 is 5.97 Å². The summed E-state index contributed by atoms with van der Waals surface area (Å²) in [6.07, 6.45) is 2.23. The maximum atomic E-state index is 14.0. The van der Waals surface area contributed by atoms with Crippen LogP contribution in [0.15, 0.2) is 18.2 Å². The van der Waals surface area contributed by atoms with Gasteiger partial charge in [-0.25, -0.2) is 13.9 Å². The number of aromatic nitrogens is 2. The van der Waals surface area contributed by atoms with Crippen LogP contribution in [-0.4, -0.2) is 28.0 Å². The largest absolute Gasteiger partial charge is 0.497 e. The van der Waals surface area contributed by atoms with Gasteiger partial charge in [0.05, 0.1) is 7.11 Å². The van der Waals surface area contributed by atoms with Gasteiger partial charge in [0.2, 0.25) is 0 Å². The Morgan fingerprint density at radius 2 is 2.25 bits per heavy atom. The van der Waals surface area contributed by atoms with E-state index in [1.807, 2.05) is 0 Å². The molecule has 0 saturated heterocycles. The number of rotatable bonds is 3. The number of hydrogen-bond donors (Lipinski definition) is 1. The van der Waals surface area contributed by atoms with Crippen LogP contribution in [-0.2, 0) is 12.8 Å². The maximum Gasteiger partial charge on any atom is 0.356 e. The van der Waals surface area contributed by atoms with Gasteiger partial charge in [0.1, 0.15) is 17.3 Å². The SMILES string of the molecule is COc1ccc(F)c(-n2nc(C(=O)O)c3c2CCC3)c1. The molecular formula is C14H13FN2O3. The molecule has 0 amide bonds. The zero-order chi connectivity index (χ0) is 14.3. The van der Waals surface area contributed by atoms with E-state index >= 15 is 0 Å². The summed E-state index contributed by atoms with van der Waals surface area (Å²) in [6, 6.07) is 4.32. The Morgan fingerprint density at radius 1 is 1.45 bits per heavy atom. The van der Waals surface area contributed by atoms with Gasteiger partial charge in [-0.3, -0.25) is 0 Å². The Bertz CT molecular complexity index is 694. The molecule has 0 unspecified atom stereocenters. The van der Waals surface area contributed by atoms with Crippen LogP contribution >= 0.6 is 0 Å². The number of benzene rings is 1. The van der Waals surface area contributed by atoms with E-state index < -0.39 is 11.8 Å². The molecule has 0 fully saturated rings. The van der Waals surface area contributed by atoms with Gasteiger partial charge in [0.15, 0.2) is 5.69 Å². The molecule has 1 aliphatic carbocycles. The average molecular weight is 276 g/mol. The van der Waals surface area contributed by atoms with Crippen LogP contribution in [0.2, 0.25) is 0 Å². The molecule has 104 valence electrons. The maximum absolute atomic E-state index is 14.0. The number of ether oxygens (including phenoxy) is 1. The number of halogens is 1. The fourth-order valence-corrected chi connectivity index (χ4v) is 2.59. The molecule has 20 heavy (non-hydrogen) atoms. The topological polar surface area (TPSA) is 64.4 Å². The van der Waals surface area contributed by atoms with Crippen molar-refractivity contribution in [1.82, 2.24) is 9.78 Å². The van der Waals surface area contributed by atoms with Crippen LogP contribution in [0.5, 0.6) is 5.75 Å². The van der Waals surface area contributed by atoms with Crippen LogP contribution in [0.1, 0.15) is 28.2 Å². The molecule has 1 heterocycles. The molecule has 0 atom stereocenters. The van der Waals surface area contributed by atoms with E-state index in [2.05, 4.69) is 5.10 Å². The second kappa shape index (κ2) is 4.63. The Balaban J connectivity index is 2.20. The molecule has 0 radical (unpaired) electrons. The summed E-state index contributed by atoms with van der Waals surface area (Å²) >= 11 is 0. The minimum absolute atomic E-state index is 0.0136. The lowest BCUT2D eigenvalue weighted by Gasteiger charge is -2.08. The zero-order valence-electron chi connectivity index (χ0n) is 10.9. The number of methoxy groups -OCH3 is 1. The number of carboxylic acid groups (broad SMARTS) is 1. The molecule has 3 rings (SSSR count). The van der Waals surface area contributed by atoms with Crippen LogP contribution < -0.4 is 4.74 Å². The number of carbonyl (C=O) groups is 1. The predicted octanol–water partition coefficient (Wildman–Crippen LogP) is 2.21. The van der Waals surface area contributed by atoms with Gasteiger partial charge >= 0.3 is 5.97 Å². The summed E-state index contributed by atoms with van der Waals surface area (Å²) in [5.74, 6) is -1.04. The zero-order valence-corrected chi connectivity index (χ0v) is 10.9. The van der Waals surface area contributed by atoms with Gasteiger partial charge in [-0.05, 0) is 31.4 Å². The van der Waals surface area contributed by atoms with Crippen LogP contribution in [0.4, 0.5) is 4.39 Å². The number of aromatic carboxylic acids is 1. The van der Waals surface area contributed by atoms with Crippen molar-refractivity contribution in [2.45, 2.75) is 19.3 Å². The Labute approximate surface area is 114 Å². The highest BCUT2D eigenvalue weighted by Crippen LogP contribution is 2.30. The smallest absolute Gasteiger partial charge is 0.356 e. The Hall–Kier alpha value is -2.37. The summed E-state index contributed by atoms with van der Waals surface area (Å²) in [7, 11) is 1.49. The van der Waals surface area contributed by atoms with E-state index in [0.717, 1.165) is 12.1 Å². The quantitative estimate of drug-likeness (QED) is 0.933. The summed E-state index contributed by atoms with van der Waals surface area (Å²) in [5, 5.41) is 13.2. The second-order valence-electron chi connectivity index (χ2n) is 4.66. The van der Waals surface area contributed by atoms with Crippen molar-refractivity contribution in [3.05, 3.63) is 41.0 Å². The van der Waals surface area contributed by atoms with Crippen molar-refractivity contribution in [1.29, 1.82) is 0 Å². The predicted molar refractivity (Wildman–Crippen MR) is 69.1 cm³/mol. The molecule has 1 aromatic heterocycles. The van der Waals surface area contributed by atoms with E-state index in [-0.39, 0.29) is 11.4 Å². The molecule has 6 heteroatoms. The standard InChI is InChI=1S/C14H13FN2O3/c1-20-8-5-6-10(15)12(7-8)17-11-4-2-3-9(11)13(16-17)14(18)19/h5-7H,2-4H2,1H3,(H,18,19). The summed E-state index contributed by atoms with van der Waals surface area (Å²) in [4.78, 5) is 11.2. The summed E-state index contributed by atoms with van der Waals surface area (Å²) in [5.41, 5.74) is 1.71. The lowest BCUT2D eigenvalue weighted by atomic mass is 10.2. The molecule has 5 nitrogen and oxygen atoms in total. The highest BCUT2D eigenvalue weighted by atomic mass is 19.1. The van der Waals surface area contributed by atoms with E-state index in [0.29, 0.717) is 24.2 Å². The van der Waals surface area contributed by atoms with E-state index in [1.165, 1.54) is 30.0 Å². The molecule has 2 aromatic rings. The first-order valence-electron chi connectivity index (χ1n) is 6.30. The molecule has 1 aromatic carbocycles. The van der Waals surface area contributed by atoms with Crippen molar-refractivity contribution in [3.8, 4) is 11.4 Å². The number of carboxylic acids is 1. The second-order valence-corrected chi connectivity index (χ2v) is 4.66. The lowest BCUT2D eigenvalue weighted by Crippen LogP contribution is -2.06. The third-order valence-electron chi connectivity index (χ3n) is 3.51. The minimum Gasteiger partial charge on any atom is -0.497 e. The normalized spacial score (nSPS) is 13.3. The van der Waals surface area contributed by atoms with Crippen molar-refractivity contribution in [2.24, 2.45) is 0 Å². The first-order chi connectivity index (χ1) is 9.61. The third kappa shape index (κ3) is 1.84. The lowest BCUT2D eigenvalue weighted by molar-refractivity contribution is 0.0689. The van der Waals surface area contributed by atoms with E-state index in [9.17, 15) is 14.3 Å². The molecule has 0 aliphatic heterocycles. The van der Waals surface area contributed by atoms with Gasteiger partial charge in [-0.15, -0.1) is 0 Å². The van der Waals surface area contributed by atoms with Crippen LogP contribution in [0.25, 0.3) is 5.69 Å². The van der Waals surface area contributed by atoms with Gasteiger partial charge < -0.3 is 9.84 Å². The van der Waals surface area contributed by atoms with Crippen molar-refractivity contribution < 1.29 is 19.0 Å². The highest BCUT2D eigenvalue weighted by molar-refractivity contribution is 5.87. The van der Waals surface area contributed by atoms with Gasteiger partial charge in [0.25, 0.3) is 0 Å². The average Bonchev–Trinajstić information content (AvgIpc) is 3.01. The van der Waals surface area contributed by atoms with Gasteiger partial charge in [0, 0.05) is 17.3 Å². The summed E-state index contributed by atoms with van der Waals surface area (Å²) < 4.78 is 20.5. The Kier molecular flexibility index (Phi) is 2.93. The molecule has 1 N–H and O–H groups in total. The fraction of sp³-hybridized carbons (Fsp3) is 0.286. The van der Waals surface area contributed by atoms with Crippen LogP contribution in [0, 0.1) is 5.82 Å². The number of nitrogens with zero attached hydrogens (tertiary/aromatic N) is 2. The number of fused-ring (bicyclic) bond motifs is 1. The molecule has 0 saturated carbocycles. The van der Waals surface area contributed by atoms with Crippen LogP contribution in [0.3, 0.4) is 0 Å². The highest BCUT2D eigenvalue weighted by Gasteiger charge is 2.27. The fourth-order valence-electron chi connectivity index (χ4n) is 2.59. The molecular weight excluding hydrogens is 263 g/mol. The minimum atomic E-state index is -1.08.